The number of hydrogen-bond donors (Lipinski definition) is 0. The van der Waals surface area contributed by atoms with Crippen molar-refractivity contribution in [2.24, 2.45) is 0 Å². The molecule has 63 heavy (non-hydrogen) atoms. The molecule has 296 valence electrons. The molecular formula is C60H41N3. The van der Waals surface area contributed by atoms with Crippen molar-refractivity contribution in [3.63, 3.8) is 0 Å². The SMILES string of the molecule is C/C=C\C=C/c1cc(-c2ccc(-c3ccc(-c4nc(-c5cccc(-c6ccccc6)c5)c5ccccc5n4)cc3)cc2)cc2c(-c3ccc4ccccc4c3)nc3ccccc3c12. The first-order valence-corrected chi connectivity index (χ1v) is 21.5. The molecule has 2 aromatic heterocycles. The molecule has 0 radical (unpaired) electrons. The van der Waals surface area contributed by atoms with Gasteiger partial charge in [-0.15, -0.1) is 0 Å². The first-order valence-electron chi connectivity index (χ1n) is 21.5. The minimum absolute atomic E-state index is 0.705. The van der Waals surface area contributed by atoms with Crippen LogP contribution in [-0.2, 0) is 0 Å². The van der Waals surface area contributed by atoms with E-state index in [1.807, 2.05) is 19.1 Å². The van der Waals surface area contributed by atoms with Gasteiger partial charge in [-0.05, 0) is 93.0 Å². The maximum absolute atomic E-state index is 5.34. The van der Waals surface area contributed by atoms with Crippen molar-refractivity contribution in [1.82, 2.24) is 15.0 Å². The molecule has 0 bridgehead atoms. The molecular weight excluding hydrogens is 763 g/mol. The predicted molar refractivity (Wildman–Crippen MR) is 266 cm³/mol. The molecule has 11 aromatic rings. The second-order valence-electron chi connectivity index (χ2n) is 15.9. The van der Waals surface area contributed by atoms with Crippen LogP contribution in [0.15, 0.2) is 224 Å². The minimum Gasteiger partial charge on any atom is -0.247 e. The zero-order chi connectivity index (χ0) is 42.1. The number of hydrogen-bond acceptors (Lipinski definition) is 3. The molecule has 3 heteroatoms. The molecule has 0 fully saturated rings. The largest absolute Gasteiger partial charge is 0.247 e. The number of pyridine rings is 1. The molecule has 2 heterocycles. The van der Waals surface area contributed by atoms with Crippen molar-refractivity contribution in [2.45, 2.75) is 6.92 Å². The van der Waals surface area contributed by atoms with Crippen LogP contribution in [0, 0.1) is 0 Å². The van der Waals surface area contributed by atoms with Crippen molar-refractivity contribution < 1.29 is 0 Å². The molecule has 9 aromatic carbocycles. The fourth-order valence-electron chi connectivity index (χ4n) is 8.81. The van der Waals surface area contributed by atoms with E-state index in [4.69, 9.17) is 15.0 Å². The third kappa shape index (κ3) is 7.26. The Labute approximate surface area is 367 Å². The van der Waals surface area contributed by atoms with Gasteiger partial charge in [0.25, 0.3) is 0 Å². The third-order valence-electron chi connectivity index (χ3n) is 12.0. The first-order chi connectivity index (χ1) is 31.2. The van der Waals surface area contributed by atoms with E-state index in [0.717, 1.165) is 88.7 Å². The zero-order valence-corrected chi connectivity index (χ0v) is 34.8. The van der Waals surface area contributed by atoms with Gasteiger partial charge in [-0.1, -0.05) is 194 Å². The Hall–Kier alpha value is -8.27. The highest BCUT2D eigenvalue weighted by Gasteiger charge is 2.17. The summed E-state index contributed by atoms with van der Waals surface area (Å²) in [6.07, 6.45) is 8.50. The summed E-state index contributed by atoms with van der Waals surface area (Å²) in [5.74, 6) is 0.705. The van der Waals surface area contributed by atoms with E-state index in [0.29, 0.717) is 5.82 Å². The summed E-state index contributed by atoms with van der Waals surface area (Å²) in [6, 6.07) is 73.2. The van der Waals surface area contributed by atoms with E-state index in [9.17, 15) is 0 Å². The van der Waals surface area contributed by atoms with Gasteiger partial charge in [0.2, 0.25) is 0 Å². The Kier molecular flexibility index (Phi) is 9.76. The minimum atomic E-state index is 0.705. The van der Waals surface area contributed by atoms with Crippen LogP contribution < -0.4 is 0 Å². The smallest absolute Gasteiger partial charge is 0.160 e. The van der Waals surface area contributed by atoms with Gasteiger partial charge >= 0.3 is 0 Å². The van der Waals surface area contributed by atoms with Crippen LogP contribution in [0.5, 0.6) is 0 Å². The Balaban J connectivity index is 0.961. The summed E-state index contributed by atoms with van der Waals surface area (Å²) in [7, 11) is 0. The second-order valence-corrected chi connectivity index (χ2v) is 15.9. The van der Waals surface area contributed by atoms with Crippen molar-refractivity contribution in [1.29, 1.82) is 0 Å². The van der Waals surface area contributed by atoms with Crippen molar-refractivity contribution in [3.05, 3.63) is 230 Å². The summed E-state index contributed by atoms with van der Waals surface area (Å²) in [6.45, 7) is 2.05. The van der Waals surface area contributed by atoms with Crippen molar-refractivity contribution in [3.8, 4) is 67.3 Å². The lowest BCUT2D eigenvalue weighted by Crippen LogP contribution is -1.95. The quantitative estimate of drug-likeness (QED) is 0.113. The lowest BCUT2D eigenvalue weighted by molar-refractivity contribution is 1.23. The normalized spacial score (nSPS) is 11.8. The molecule has 0 saturated heterocycles. The summed E-state index contributed by atoms with van der Waals surface area (Å²) < 4.78 is 0. The average molecular weight is 804 g/mol. The topological polar surface area (TPSA) is 38.7 Å². The third-order valence-corrected chi connectivity index (χ3v) is 12.0. The predicted octanol–water partition coefficient (Wildman–Crippen LogP) is 16.1. The molecule has 0 saturated carbocycles. The number of fused-ring (bicyclic) bond motifs is 5. The highest BCUT2D eigenvalue weighted by Crippen LogP contribution is 2.40. The van der Waals surface area contributed by atoms with E-state index in [1.54, 1.807) is 0 Å². The molecule has 11 rings (SSSR count). The highest BCUT2D eigenvalue weighted by atomic mass is 14.9. The van der Waals surface area contributed by atoms with Crippen LogP contribution in [0.1, 0.15) is 12.5 Å². The number of para-hydroxylation sites is 2. The Bertz CT molecular complexity index is 3550. The summed E-state index contributed by atoms with van der Waals surface area (Å²) in [5.41, 5.74) is 15.0. The second kappa shape index (κ2) is 16.3. The van der Waals surface area contributed by atoms with Crippen LogP contribution in [0.4, 0.5) is 0 Å². The van der Waals surface area contributed by atoms with Gasteiger partial charge in [-0.2, -0.15) is 0 Å². The van der Waals surface area contributed by atoms with Gasteiger partial charge in [0.15, 0.2) is 5.82 Å². The molecule has 0 atom stereocenters. The highest BCUT2D eigenvalue weighted by molar-refractivity contribution is 6.15. The van der Waals surface area contributed by atoms with Crippen LogP contribution in [0.3, 0.4) is 0 Å². The van der Waals surface area contributed by atoms with Crippen LogP contribution in [0.25, 0.3) is 117 Å². The van der Waals surface area contributed by atoms with E-state index < -0.39 is 0 Å². The molecule has 0 aliphatic carbocycles. The van der Waals surface area contributed by atoms with E-state index in [1.165, 1.54) is 21.7 Å². The number of aromatic nitrogens is 3. The monoisotopic (exact) mass is 803 g/mol. The van der Waals surface area contributed by atoms with E-state index >= 15 is 0 Å². The van der Waals surface area contributed by atoms with E-state index in [2.05, 4.69) is 218 Å². The molecule has 0 spiro atoms. The summed E-state index contributed by atoms with van der Waals surface area (Å²) >= 11 is 0. The Morgan fingerprint density at radius 1 is 0.333 bits per heavy atom. The van der Waals surface area contributed by atoms with Gasteiger partial charge in [0.1, 0.15) is 0 Å². The number of nitrogens with zero attached hydrogens (tertiary/aromatic N) is 3. The molecule has 0 N–H and O–H groups in total. The fraction of sp³-hybridized carbons (Fsp3) is 0.0167. The Morgan fingerprint density at radius 3 is 1.65 bits per heavy atom. The number of rotatable bonds is 8. The maximum atomic E-state index is 5.34. The molecule has 3 nitrogen and oxygen atoms in total. The average Bonchev–Trinajstić information content (AvgIpc) is 3.36. The molecule has 0 amide bonds. The lowest BCUT2D eigenvalue weighted by Gasteiger charge is -2.15. The van der Waals surface area contributed by atoms with Crippen molar-refractivity contribution in [2.75, 3.05) is 0 Å². The van der Waals surface area contributed by atoms with Gasteiger partial charge in [0, 0.05) is 38.2 Å². The van der Waals surface area contributed by atoms with Gasteiger partial charge in [0.05, 0.1) is 22.4 Å². The van der Waals surface area contributed by atoms with Crippen molar-refractivity contribution >= 4 is 49.4 Å². The maximum Gasteiger partial charge on any atom is 0.160 e. The zero-order valence-electron chi connectivity index (χ0n) is 34.8. The van der Waals surface area contributed by atoms with Gasteiger partial charge < -0.3 is 0 Å². The number of allylic oxidation sites excluding steroid dienone is 3. The van der Waals surface area contributed by atoms with Crippen LogP contribution >= 0.6 is 0 Å². The molecule has 0 aliphatic rings. The first kappa shape index (κ1) is 37.7. The van der Waals surface area contributed by atoms with Crippen LogP contribution in [-0.4, -0.2) is 15.0 Å². The fourth-order valence-corrected chi connectivity index (χ4v) is 8.81. The van der Waals surface area contributed by atoms with Gasteiger partial charge in [-0.3, -0.25) is 0 Å². The molecule has 0 aliphatic heterocycles. The van der Waals surface area contributed by atoms with E-state index in [-0.39, 0.29) is 0 Å². The lowest BCUT2D eigenvalue weighted by atomic mass is 9.91. The van der Waals surface area contributed by atoms with Crippen LogP contribution in [0.2, 0.25) is 0 Å². The number of benzene rings is 9. The summed E-state index contributed by atoms with van der Waals surface area (Å²) in [4.78, 5) is 15.6. The van der Waals surface area contributed by atoms with Gasteiger partial charge in [-0.25, -0.2) is 15.0 Å². The summed E-state index contributed by atoms with van der Waals surface area (Å²) in [5, 5.41) is 6.92. The Morgan fingerprint density at radius 2 is 0.889 bits per heavy atom. The standard InChI is InChI=1S/C60H41N3/c1-2-3-5-19-48-38-51(39-54-57(48)52-22-10-12-24-55(52)61-59(54)50-35-32-41-17-8-9-18-46(41)37-50)44-28-26-42(27-29-44)43-30-33-45(34-31-43)60-62-56-25-13-11-23-53(56)58(63-60)49-21-14-20-47(36-49)40-15-6-4-7-16-40/h2-39H,1H3/b3-2-,19-5-. The molecule has 0 unspecified atom stereocenters.